The van der Waals surface area contributed by atoms with Gasteiger partial charge in [-0.15, -0.1) is 0 Å². The van der Waals surface area contributed by atoms with Gasteiger partial charge in [0, 0.05) is 13.1 Å². The van der Waals surface area contributed by atoms with E-state index < -0.39 is 0 Å². The maximum absolute atomic E-state index is 9.41. The van der Waals surface area contributed by atoms with E-state index in [9.17, 15) is 5.11 Å². The molecule has 0 saturated heterocycles. The molecule has 0 aromatic carbocycles. The molecular formula is C11H25NO2. The van der Waals surface area contributed by atoms with E-state index in [-0.39, 0.29) is 11.7 Å². The van der Waals surface area contributed by atoms with Crippen LogP contribution in [0.15, 0.2) is 0 Å². The zero-order chi connectivity index (χ0) is 11.0. The number of nitrogens with one attached hydrogen (secondary N) is 1. The van der Waals surface area contributed by atoms with Crippen molar-refractivity contribution in [2.24, 2.45) is 0 Å². The fraction of sp³-hybridized carbons (Fsp3) is 1.00. The summed E-state index contributed by atoms with van der Waals surface area (Å²) in [6.07, 6.45) is 1.68. The predicted molar refractivity (Wildman–Crippen MR) is 59.5 cm³/mol. The first-order valence-electron chi connectivity index (χ1n) is 5.48. The number of ether oxygens (including phenoxy) is 1. The van der Waals surface area contributed by atoms with Crippen LogP contribution in [0.2, 0.25) is 0 Å². The van der Waals surface area contributed by atoms with Gasteiger partial charge in [0.15, 0.2) is 0 Å². The van der Waals surface area contributed by atoms with Crippen molar-refractivity contribution in [1.82, 2.24) is 5.32 Å². The van der Waals surface area contributed by atoms with Gasteiger partial charge in [-0.05, 0) is 27.2 Å². The Kier molecular flexibility index (Phi) is 7.15. The van der Waals surface area contributed by atoms with E-state index in [2.05, 4.69) is 12.2 Å². The molecule has 1 atom stereocenters. The Morgan fingerprint density at radius 1 is 1.36 bits per heavy atom. The molecule has 14 heavy (non-hydrogen) atoms. The molecule has 0 aliphatic carbocycles. The third-order valence-electron chi connectivity index (χ3n) is 1.82. The lowest BCUT2D eigenvalue weighted by Crippen LogP contribution is -2.31. The average molecular weight is 203 g/mol. The fourth-order valence-corrected chi connectivity index (χ4v) is 1.13. The third kappa shape index (κ3) is 9.96. The Labute approximate surface area is 87.8 Å². The molecule has 0 saturated carbocycles. The first-order chi connectivity index (χ1) is 6.45. The maximum Gasteiger partial charge on any atom is 0.0664 e. The fourth-order valence-electron chi connectivity index (χ4n) is 1.13. The van der Waals surface area contributed by atoms with Crippen LogP contribution in [0.5, 0.6) is 0 Å². The molecule has 3 nitrogen and oxygen atoms in total. The molecule has 0 aliphatic rings. The van der Waals surface area contributed by atoms with Crippen LogP contribution in [0.4, 0.5) is 0 Å². The van der Waals surface area contributed by atoms with Gasteiger partial charge >= 0.3 is 0 Å². The molecule has 0 fully saturated rings. The number of aliphatic hydroxyl groups is 1. The summed E-state index contributed by atoms with van der Waals surface area (Å²) in [5, 5.41) is 12.6. The highest BCUT2D eigenvalue weighted by atomic mass is 16.5. The number of aliphatic hydroxyl groups excluding tert-OH is 1. The minimum absolute atomic E-state index is 0.0658. The summed E-state index contributed by atoms with van der Waals surface area (Å²) in [7, 11) is 0. The Bertz CT molecular complexity index is 132. The lowest BCUT2D eigenvalue weighted by Gasteiger charge is -2.20. The minimum atomic E-state index is -0.213. The molecule has 0 amide bonds. The van der Waals surface area contributed by atoms with Crippen molar-refractivity contribution in [3.8, 4) is 0 Å². The van der Waals surface area contributed by atoms with Crippen LogP contribution in [-0.4, -0.2) is 36.5 Å². The molecule has 0 bridgehead atoms. The molecule has 86 valence electrons. The van der Waals surface area contributed by atoms with Crippen LogP contribution in [0.3, 0.4) is 0 Å². The predicted octanol–water partition coefficient (Wildman–Crippen LogP) is 1.55. The van der Waals surface area contributed by atoms with Gasteiger partial charge in [0.05, 0.1) is 18.3 Å². The zero-order valence-electron chi connectivity index (χ0n) is 9.97. The van der Waals surface area contributed by atoms with E-state index in [0.29, 0.717) is 13.2 Å². The quantitative estimate of drug-likeness (QED) is 0.617. The van der Waals surface area contributed by atoms with Crippen molar-refractivity contribution in [2.45, 2.75) is 52.2 Å². The van der Waals surface area contributed by atoms with Crippen LogP contribution in [-0.2, 0) is 4.74 Å². The lowest BCUT2D eigenvalue weighted by atomic mass is 10.2. The molecule has 0 rings (SSSR count). The average Bonchev–Trinajstić information content (AvgIpc) is 2.02. The van der Waals surface area contributed by atoms with E-state index in [1.54, 1.807) is 0 Å². The van der Waals surface area contributed by atoms with E-state index in [0.717, 1.165) is 19.4 Å². The van der Waals surface area contributed by atoms with Gasteiger partial charge in [0.25, 0.3) is 0 Å². The molecule has 0 spiro atoms. The van der Waals surface area contributed by atoms with Crippen molar-refractivity contribution >= 4 is 0 Å². The van der Waals surface area contributed by atoms with Crippen molar-refractivity contribution in [1.29, 1.82) is 0 Å². The first kappa shape index (κ1) is 13.9. The molecule has 0 aromatic rings. The van der Waals surface area contributed by atoms with E-state index in [1.165, 1.54) is 0 Å². The first-order valence-corrected chi connectivity index (χ1v) is 5.48. The van der Waals surface area contributed by atoms with Gasteiger partial charge in [-0.3, -0.25) is 0 Å². The van der Waals surface area contributed by atoms with Crippen LogP contribution in [0.25, 0.3) is 0 Å². The van der Waals surface area contributed by atoms with Gasteiger partial charge in [0.1, 0.15) is 0 Å². The van der Waals surface area contributed by atoms with Crippen LogP contribution < -0.4 is 5.32 Å². The highest BCUT2D eigenvalue weighted by Crippen LogP contribution is 2.05. The molecule has 3 heteroatoms. The monoisotopic (exact) mass is 203 g/mol. The second-order valence-electron chi connectivity index (χ2n) is 4.61. The van der Waals surface area contributed by atoms with E-state index in [4.69, 9.17) is 4.74 Å². The van der Waals surface area contributed by atoms with E-state index in [1.807, 2.05) is 20.8 Å². The molecule has 0 aromatic heterocycles. The van der Waals surface area contributed by atoms with E-state index >= 15 is 0 Å². The van der Waals surface area contributed by atoms with Crippen molar-refractivity contribution < 1.29 is 9.84 Å². The summed E-state index contributed by atoms with van der Waals surface area (Å²) in [6, 6.07) is 0. The number of hydrogen-bond donors (Lipinski definition) is 2. The van der Waals surface area contributed by atoms with Gasteiger partial charge in [-0.1, -0.05) is 13.3 Å². The molecule has 0 heterocycles. The number of hydrogen-bond acceptors (Lipinski definition) is 3. The summed E-state index contributed by atoms with van der Waals surface area (Å²) in [5.41, 5.74) is -0.0658. The molecule has 0 aliphatic heterocycles. The molecule has 1 unspecified atom stereocenters. The second kappa shape index (κ2) is 7.21. The summed E-state index contributed by atoms with van der Waals surface area (Å²) >= 11 is 0. The smallest absolute Gasteiger partial charge is 0.0664 e. The van der Waals surface area contributed by atoms with Gasteiger partial charge < -0.3 is 15.2 Å². The summed E-state index contributed by atoms with van der Waals surface area (Å²) in [4.78, 5) is 0. The lowest BCUT2D eigenvalue weighted by molar-refractivity contribution is -0.00161. The van der Waals surface area contributed by atoms with Gasteiger partial charge in [-0.2, -0.15) is 0 Å². The Balaban J connectivity index is 3.21. The third-order valence-corrected chi connectivity index (χ3v) is 1.82. The topological polar surface area (TPSA) is 41.5 Å². The summed E-state index contributed by atoms with van der Waals surface area (Å²) in [5.74, 6) is 0. The highest BCUT2D eigenvalue weighted by molar-refractivity contribution is 4.61. The summed E-state index contributed by atoms with van der Waals surface area (Å²) in [6.45, 7) is 10.4. The Hall–Kier alpha value is -0.120. The van der Waals surface area contributed by atoms with Crippen molar-refractivity contribution in [3.63, 3.8) is 0 Å². The van der Waals surface area contributed by atoms with Crippen molar-refractivity contribution in [3.05, 3.63) is 0 Å². The normalized spacial score (nSPS) is 14.4. The zero-order valence-corrected chi connectivity index (χ0v) is 9.97. The Morgan fingerprint density at radius 2 is 2.00 bits per heavy atom. The minimum Gasteiger partial charge on any atom is -0.392 e. The van der Waals surface area contributed by atoms with Crippen LogP contribution in [0.1, 0.15) is 40.5 Å². The largest absolute Gasteiger partial charge is 0.392 e. The summed E-state index contributed by atoms with van der Waals surface area (Å²) < 4.78 is 5.53. The number of rotatable bonds is 7. The van der Waals surface area contributed by atoms with Crippen LogP contribution >= 0.6 is 0 Å². The standard InChI is InChI=1S/C11H25NO2/c1-5-6-10(13)9-12-7-8-14-11(2,3)4/h10,12-13H,5-9H2,1-4H3. The Morgan fingerprint density at radius 3 is 2.50 bits per heavy atom. The molecular weight excluding hydrogens is 178 g/mol. The van der Waals surface area contributed by atoms with Crippen molar-refractivity contribution in [2.75, 3.05) is 19.7 Å². The second-order valence-corrected chi connectivity index (χ2v) is 4.61. The molecule has 2 N–H and O–H groups in total. The van der Waals surface area contributed by atoms with Gasteiger partial charge in [0.2, 0.25) is 0 Å². The molecule has 0 radical (unpaired) electrons. The maximum atomic E-state index is 9.41. The van der Waals surface area contributed by atoms with Gasteiger partial charge in [-0.25, -0.2) is 0 Å². The SMILES string of the molecule is CCCC(O)CNCCOC(C)(C)C. The highest BCUT2D eigenvalue weighted by Gasteiger charge is 2.09. The van der Waals surface area contributed by atoms with Crippen LogP contribution in [0, 0.1) is 0 Å².